The van der Waals surface area contributed by atoms with E-state index in [-0.39, 0.29) is 37.0 Å². The number of amides is 1. The van der Waals surface area contributed by atoms with Gasteiger partial charge in [0.2, 0.25) is 5.91 Å². The van der Waals surface area contributed by atoms with E-state index >= 15 is 0 Å². The Morgan fingerprint density at radius 2 is 2.28 bits per heavy atom. The number of benzene rings is 1. The van der Waals surface area contributed by atoms with Crippen LogP contribution in [-0.4, -0.2) is 55.3 Å². The smallest absolute Gasteiger partial charge is 0.311 e. The molecule has 2 aliphatic rings. The molecular formula is C18H22FNO5. The van der Waals surface area contributed by atoms with E-state index in [1.807, 2.05) is 0 Å². The molecule has 1 amide bonds. The molecule has 3 rings (SSSR count). The molecule has 2 atom stereocenters. The minimum atomic E-state index is -0.908. The number of rotatable bonds is 5. The van der Waals surface area contributed by atoms with Crippen LogP contribution in [0.1, 0.15) is 18.4 Å². The van der Waals surface area contributed by atoms with Gasteiger partial charge in [0.1, 0.15) is 0 Å². The zero-order valence-corrected chi connectivity index (χ0v) is 14.2. The molecule has 0 radical (unpaired) electrons. The number of hydrogen-bond acceptors (Lipinski definition) is 4. The number of ether oxygens (including phenoxy) is 2. The van der Waals surface area contributed by atoms with Gasteiger partial charge in [0.05, 0.1) is 19.1 Å². The number of aliphatic carboxylic acids is 1. The first kappa shape index (κ1) is 17.7. The van der Waals surface area contributed by atoms with Crippen LogP contribution in [0.15, 0.2) is 18.2 Å². The highest BCUT2D eigenvalue weighted by Crippen LogP contribution is 2.42. The average molecular weight is 351 g/mol. The molecule has 7 heteroatoms. The largest absolute Gasteiger partial charge is 0.494 e. The van der Waals surface area contributed by atoms with Gasteiger partial charge in [0.15, 0.2) is 11.6 Å². The SMILES string of the molecule is COc1cccc(CCC(=O)N2C[C@H]3COCC[C@@]3(C(=O)O)C2)c1F. The Bertz CT molecular complexity index is 679. The van der Waals surface area contributed by atoms with Crippen molar-refractivity contribution in [1.82, 2.24) is 4.90 Å². The second-order valence-electron chi connectivity index (χ2n) is 6.69. The Kier molecular flexibility index (Phi) is 4.94. The van der Waals surface area contributed by atoms with Gasteiger partial charge in [-0.1, -0.05) is 12.1 Å². The lowest BCUT2D eigenvalue weighted by atomic mass is 9.74. The molecule has 136 valence electrons. The minimum absolute atomic E-state index is 0.132. The van der Waals surface area contributed by atoms with Crippen molar-refractivity contribution in [3.05, 3.63) is 29.6 Å². The van der Waals surface area contributed by atoms with Crippen molar-refractivity contribution < 1.29 is 28.6 Å². The number of carbonyl (C=O) groups is 2. The first-order chi connectivity index (χ1) is 12.0. The van der Waals surface area contributed by atoms with Crippen LogP contribution in [0.5, 0.6) is 5.75 Å². The van der Waals surface area contributed by atoms with E-state index in [1.54, 1.807) is 17.0 Å². The highest BCUT2D eigenvalue weighted by atomic mass is 19.1. The lowest BCUT2D eigenvalue weighted by Crippen LogP contribution is -2.45. The third-order valence-corrected chi connectivity index (χ3v) is 5.36. The van der Waals surface area contributed by atoms with E-state index in [2.05, 4.69) is 0 Å². The van der Waals surface area contributed by atoms with Crippen molar-refractivity contribution in [2.75, 3.05) is 33.4 Å². The van der Waals surface area contributed by atoms with Crippen LogP contribution in [-0.2, 0) is 20.7 Å². The Hall–Kier alpha value is -2.15. The van der Waals surface area contributed by atoms with Gasteiger partial charge in [-0.3, -0.25) is 9.59 Å². The summed E-state index contributed by atoms with van der Waals surface area (Å²) in [4.78, 5) is 25.9. The summed E-state index contributed by atoms with van der Waals surface area (Å²) in [5.41, 5.74) is -0.490. The van der Waals surface area contributed by atoms with E-state index in [1.165, 1.54) is 13.2 Å². The molecule has 1 N–H and O–H groups in total. The van der Waals surface area contributed by atoms with Crippen LogP contribution in [0.3, 0.4) is 0 Å². The van der Waals surface area contributed by atoms with Crippen LogP contribution in [0.2, 0.25) is 0 Å². The van der Waals surface area contributed by atoms with Crippen LogP contribution in [0.25, 0.3) is 0 Å². The highest BCUT2D eigenvalue weighted by Gasteiger charge is 2.54. The number of likely N-dealkylation sites (tertiary alicyclic amines) is 1. The fourth-order valence-corrected chi connectivity index (χ4v) is 3.80. The average Bonchev–Trinajstić information content (AvgIpc) is 3.02. The molecule has 1 aromatic carbocycles. The number of carbonyl (C=O) groups excluding carboxylic acids is 1. The summed E-state index contributed by atoms with van der Waals surface area (Å²) in [5, 5.41) is 9.64. The Balaban J connectivity index is 1.66. The van der Waals surface area contributed by atoms with E-state index in [9.17, 15) is 19.1 Å². The Morgan fingerprint density at radius 3 is 2.96 bits per heavy atom. The van der Waals surface area contributed by atoms with Crippen molar-refractivity contribution in [2.24, 2.45) is 11.3 Å². The summed E-state index contributed by atoms with van der Waals surface area (Å²) < 4.78 is 24.5. The second-order valence-corrected chi connectivity index (χ2v) is 6.69. The van der Waals surface area contributed by atoms with Crippen molar-refractivity contribution in [3.63, 3.8) is 0 Å². The summed E-state index contributed by atoms with van der Waals surface area (Å²) in [6.07, 6.45) is 0.800. The maximum Gasteiger partial charge on any atom is 0.311 e. The lowest BCUT2D eigenvalue weighted by Gasteiger charge is -2.33. The molecule has 2 saturated heterocycles. The standard InChI is InChI=1S/C18H22FNO5/c1-24-14-4-2-3-12(16(14)19)5-6-15(21)20-9-13-10-25-8-7-18(13,11-20)17(22)23/h2-4,13H,5-11H2,1H3,(H,22,23)/t13-,18+/m0/s1. The van der Waals surface area contributed by atoms with Crippen LogP contribution >= 0.6 is 0 Å². The van der Waals surface area contributed by atoms with Crippen LogP contribution in [0, 0.1) is 17.2 Å². The fourth-order valence-electron chi connectivity index (χ4n) is 3.80. The number of nitrogens with zero attached hydrogens (tertiary/aromatic N) is 1. The lowest BCUT2D eigenvalue weighted by molar-refractivity contribution is -0.157. The van der Waals surface area contributed by atoms with Gasteiger partial charge in [-0.2, -0.15) is 0 Å². The zero-order valence-electron chi connectivity index (χ0n) is 14.2. The maximum atomic E-state index is 14.2. The normalized spacial score (nSPS) is 25.5. The van der Waals surface area contributed by atoms with Gasteiger partial charge < -0.3 is 19.5 Å². The van der Waals surface area contributed by atoms with Crippen molar-refractivity contribution in [2.45, 2.75) is 19.3 Å². The topological polar surface area (TPSA) is 76.1 Å². The van der Waals surface area contributed by atoms with Crippen LogP contribution in [0.4, 0.5) is 4.39 Å². The molecule has 0 spiro atoms. The molecule has 0 unspecified atom stereocenters. The molecule has 0 saturated carbocycles. The first-order valence-corrected chi connectivity index (χ1v) is 8.38. The monoisotopic (exact) mass is 351 g/mol. The predicted molar refractivity (Wildman–Crippen MR) is 86.8 cm³/mol. The van der Waals surface area contributed by atoms with Crippen molar-refractivity contribution >= 4 is 11.9 Å². The number of carboxylic acid groups (broad SMARTS) is 1. The molecule has 2 fully saturated rings. The second kappa shape index (κ2) is 7.00. The van der Waals surface area contributed by atoms with Crippen molar-refractivity contribution in [3.8, 4) is 5.75 Å². The fraction of sp³-hybridized carbons (Fsp3) is 0.556. The molecule has 25 heavy (non-hydrogen) atoms. The Morgan fingerprint density at radius 1 is 1.48 bits per heavy atom. The van der Waals surface area contributed by atoms with Gasteiger partial charge in [-0.05, 0) is 24.5 Å². The molecule has 0 bridgehead atoms. The van der Waals surface area contributed by atoms with Gasteiger partial charge in [-0.25, -0.2) is 4.39 Å². The number of fused-ring (bicyclic) bond motifs is 1. The summed E-state index contributed by atoms with van der Waals surface area (Å²) >= 11 is 0. The molecule has 0 aromatic heterocycles. The zero-order chi connectivity index (χ0) is 18.0. The van der Waals surface area contributed by atoms with Gasteiger partial charge >= 0.3 is 5.97 Å². The summed E-state index contributed by atoms with van der Waals surface area (Å²) in [5.74, 6) is -1.51. The van der Waals surface area contributed by atoms with E-state index in [4.69, 9.17) is 9.47 Å². The molecular weight excluding hydrogens is 329 g/mol. The van der Waals surface area contributed by atoms with E-state index in [0.717, 1.165) is 0 Å². The number of aryl methyl sites for hydroxylation is 1. The third kappa shape index (κ3) is 3.20. The number of halogens is 1. The van der Waals surface area contributed by atoms with Crippen molar-refractivity contribution in [1.29, 1.82) is 0 Å². The van der Waals surface area contributed by atoms with Gasteiger partial charge in [0, 0.05) is 32.0 Å². The van der Waals surface area contributed by atoms with Gasteiger partial charge in [-0.15, -0.1) is 0 Å². The number of carboxylic acids is 1. The quantitative estimate of drug-likeness (QED) is 0.874. The summed E-state index contributed by atoms with van der Waals surface area (Å²) in [7, 11) is 1.40. The van der Waals surface area contributed by atoms with Crippen LogP contribution < -0.4 is 4.74 Å². The summed E-state index contributed by atoms with van der Waals surface area (Å²) in [6, 6.07) is 4.84. The Labute approximate surface area is 145 Å². The minimum Gasteiger partial charge on any atom is -0.494 e. The van der Waals surface area contributed by atoms with Gasteiger partial charge in [0.25, 0.3) is 0 Å². The first-order valence-electron chi connectivity index (χ1n) is 8.38. The third-order valence-electron chi connectivity index (χ3n) is 5.36. The maximum absolute atomic E-state index is 14.2. The molecule has 6 nitrogen and oxygen atoms in total. The molecule has 2 heterocycles. The highest BCUT2D eigenvalue weighted by molar-refractivity contribution is 5.81. The summed E-state index contributed by atoms with van der Waals surface area (Å²) in [6.45, 7) is 1.35. The number of hydrogen-bond donors (Lipinski definition) is 1. The number of methoxy groups -OCH3 is 1. The predicted octanol–water partition coefficient (Wildman–Crippen LogP) is 1.72. The molecule has 2 aliphatic heterocycles. The molecule has 1 aromatic rings. The molecule has 0 aliphatic carbocycles. The van der Waals surface area contributed by atoms with E-state index in [0.29, 0.717) is 31.7 Å². The van der Waals surface area contributed by atoms with E-state index < -0.39 is 17.2 Å².